The molecule has 104 valence electrons. The van der Waals surface area contributed by atoms with Gasteiger partial charge in [-0.15, -0.1) is 0 Å². The molecule has 0 aliphatic heterocycles. The zero-order valence-electron chi connectivity index (χ0n) is 9.82. The molecule has 0 fully saturated rings. The predicted molar refractivity (Wildman–Crippen MR) is 69.7 cm³/mol. The van der Waals surface area contributed by atoms with Gasteiger partial charge in [0.2, 0.25) is 0 Å². The van der Waals surface area contributed by atoms with E-state index in [1.807, 2.05) is 5.48 Å². The summed E-state index contributed by atoms with van der Waals surface area (Å²) in [6, 6.07) is 0. The lowest BCUT2D eigenvalue weighted by Crippen LogP contribution is -2.23. The smallest absolute Gasteiger partial charge is 0.163 e. The van der Waals surface area contributed by atoms with Crippen LogP contribution in [0.3, 0.4) is 0 Å². The number of hydrogen-bond acceptors (Lipinski definition) is 7. The Kier molecular flexibility index (Phi) is 4.66. The Morgan fingerprint density at radius 2 is 2.11 bits per heavy atom. The standard InChI is InChI=1S/C10H13BrN4O4/c11-7-1-15(5-19-6(2-16)3-17)10-8(7)9(14-18)12-4-13-10/h1,4,6,16-18H,2-3,5H2,(H,12,13,14). The zero-order valence-corrected chi connectivity index (χ0v) is 11.4. The van der Waals surface area contributed by atoms with E-state index >= 15 is 0 Å². The molecule has 2 heterocycles. The van der Waals surface area contributed by atoms with Crippen LogP contribution in [-0.2, 0) is 11.5 Å². The van der Waals surface area contributed by atoms with E-state index in [0.717, 1.165) is 0 Å². The number of aromatic nitrogens is 3. The second kappa shape index (κ2) is 6.26. The normalized spacial score (nSPS) is 11.4. The van der Waals surface area contributed by atoms with E-state index in [9.17, 15) is 0 Å². The minimum absolute atomic E-state index is 0.107. The van der Waals surface area contributed by atoms with Crippen molar-refractivity contribution in [1.29, 1.82) is 0 Å². The van der Waals surface area contributed by atoms with Crippen LogP contribution in [0.2, 0.25) is 0 Å². The molecule has 2 aromatic rings. The van der Waals surface area contributed by atoms with E-state index in [-0.39, 0.29) is 25.8 Å². The van der Waals surface area contributed by atoms with E-state index in [4.69, 9.17) is 20.2 Å². The molecule has 0 atom stereocenters. The molecule has 2 rings (SSSR count). The zero-order chi connectivity index (χ0) is 13.8. The number of aliphatic hydroxyl groups is 2. The van der Waals surface area contributed by atoms with Gasteiger partial charge in [0.15, 0.2) is 5.82 Å². The van der Waals surface area contributed by atoms with Gasteiger partial charge >= 0.3 is 0 Å². The first kappa shape index (κ1) is 14.2. The van der Waals surface area contributed by atoms with Crippen LogP contribution in [0.15, 0.2) is 17.0 Å². The molecule has 8 nitrogen and oxygen atoms in total. The SMILES string of the molecule is OCC(CO)OCn1cc(Br)c2c(NO)ncnc21. The molecule has 4 N–H and O–H groups in total. The molecular formula is C10H13BrN4O4. The topological polar surface area (TPSA) is 113 Å². The van der Waals surface area contributed by atoms with Crippen molar-refractivity contribution in [3.05, 3.63) is 17.0 Å². The highest BCUT2D eigenvalue weighted by Crippen LogP contribution is 2.29. The summed E-state index contributed by atoms with van der Waals surface area (Å²) < 4.78 is 7.67. The van der Waals surface area contributed by atoms with Gasteiger partial charge in [-0.25, -0.2) is 9.97 Å². The first-order chi connectivity index (χ1) is 9.21. The van der Waals surface area contributed by atoms with Crippen LogP contribution in [0.4, 0.5) is 5.82 Å². The van der Waals surface area contributed by atoms with Gasteiger partial charge in [-0.2, -0.15) is 0 Å². The average molecular weight is 333 g/mol. The van der Waals surface area contributed by atoms with Crippen molar-refractivity contribution < 1.29 is 20.2 Å². The summed E-state index contributed by atoms with van der Waals surface area (Å²) in [5.41, 5.74) is 2.55. The Morgan fingerprint density at radius 3 is 2.74 bits per heavy atom. The highest BCUT2D eigenvalue weighted by molar-refractivity contribution is 9.10. The number of rotatable bonds is 6. The molecular weight excluding hydrogens is 320 g/mol. The molecule has 0 aromatic carbocycles. The maximum Gasteiger partial charge on any atom is 0.163 e. The summed E-state index contributed by atoms with van der Waals surface area (Å²) in [5, 5.41) is 27.5. The van der Waals surface area contributed by atoms with E-state index in [1.54, 1.807) is 10.8 Å². The number of nitrogens with zero attached hydrogens (tertiary/aromatic N) is 3. The third kappa shape index (κ3) is 2.85. The maximum atomic E-state index is 9.00. The fourth-order valence-corrected chi connectivity index (χ4v) is 2.22. The Hall–Kier alpha value is -1.26. The largest absolute Gasteiger partial charge is 0.394 e. The van der Waals surface area contributed by atoms with E-state index < -0.39 is 6.10 Å². The van der Waals surface area contributed by atoms with Gasteiger partial charge in [0.25, 0.3) is 0 Å². The van der Waals surface area contributed by atoms with Crippen LogP contribution in [-0.4, -0.2) is 49.3 Å². The van der Waals surface area contributed by atoms with E-state index in [1.165, 1.54) is 6.33 Å². The summed E-state index contributed by atoms with van der Waals surface area (Å²) in [4.78, 5) is 8.00. The molecule has 0 spiro atoms. The van der Waals surface area contributed by atoms with Crippen molar-refractivity contribution in [1.82, 2.24) is 14.5 Å². The van der Waals surface area contributed by atoms with Crippen LogP contribution < -0.4 is 5.48 Å². The monoisotopic (exact) mass is 332 g/mol. The first-order valence-electron chi connectivity index (χ1n) is 5.44. The average Bonchev–Trinajstić information content (AvgIpc) is 2.77. The molecule has 19 heavy (non-hydrogen) atoms. The summed E-state index contributed by atoms with van der Waals surface area (Å²) in [6.07, 6.45) is 2.37. The number of ether oxygens (including phenoxy) is 1. The number of fused-ring (bicyclic) bond motifs is 1. The van der Waals surface area contributed by atoms with Gasteiger partial charge in [0, 0.05) is 10.7 Å². The molecule has 0 saturated carbocycles. The van der Waals surface area contributed by atoms with E-state index in [0.29, 0.717) is 15.5 Å². The third-order valence-electron chi connectivity index (χ3n) is 2.57. The van der Waals surface area contributed by atoms with Crippen LogP contribution >= 0.6 is 15.9 Å². The minimum atomic E-state index is -0.645. The molecule has 0 saturated heterocycles. The van der Waals surface area contributed by atoms with Crippen LogP contribution in [0.5, 0.6) is 0 Å². The number of aliphatic hydroxyl groups excluding tert-OH is 2. The van der Waals surface area contributed by atoms with Gasteiger partial charge in [-0.3, -0.25) is 10.7 Å². The lowest BCUT2D eigenvalue weighted by atomic mass is 10.4. The van der Waals surface area contributed by atoms with Crippen LogP contribution in [0, 0.1) is 0 Å². The predicted octanol–water partition coefficient (Wildman–Crippen LogP) is 0.322. The van der Waals surface area contributed by atoms with Crippen molar-refractivity contribution in [2.24, 2.45) is 0 Å². The minimum Gasteiger partial charge on any atom is -0.394 e. The summed E-state index contributed by atoms with van der Waals surface area (Å²) in [5.74, 6) is 0.275. The summed E-state index contributed by atoms with van der Waals surface area (Å²) >= 11 is 3.34. The Bertz CT molecular complexity index is 558. The Labute approximate surface area is 116 Å². The molecule has 0 aliphatic rings. The number of halogens is 1. The molecule has 2 aromatic heterocycles. The van der Waals surface area contributed by atoms with E-state index in [2.05, 4.69) is 25.9 Å². The van der Waals surface area contributed by atoms with Gasteiger partial charge in [-0.05, 0) is 15.9 Å². The molecule has 9 heteroatoms. The van der Waals surface area contributed by atoms with Crippen LogP contribution in [0.1, 0.15) is 0 Å². The van der Waals surface area contributed by atoms with Crippen molar-refractivity contribution in [3.63, 3.8) is 0 Å². The lowest BCUT2D eigenvalue weighted by molar-refractivity contribution is -0.0487. The highest BCUT2D eigenvalue weighted by atomic mass is 79.9. The molecule has 0 amide bonds. The van der Waals surface area contributed by atoms with Crippen molar-refractivity contribution in [2.75, 3.05) is 18.7 Å². The quantitative estimate of drug-likeness (QED) is 0.563. The number of nitrogens with one attached hydrogen (secondary N) is 1. The lowest BCUT2D eigenvalue weighted by Gasteiger charge is -2.13. The van der Waals surface area contributed by atoms with Gasteiger partial charge in [0.1, 0.15) is 24.8 Å². The fraction of sp³-hybridized carbons (Fsp3) is 0.400. The summed E-state index contributed by atoms with van der Waals surface area (Å²) in [7, 11) is 0. The summed E-state index contributed by atoms with van der Waals surface area (Å²) in [6.45, 7) is -0.430. The second-order valence-electron chi connectivity index (χ2n) is 3.76. The molecule has 0 aliphatic carbocycles. The van der Waals surface area contributed by atoms with Crippen molar-refractivity contribution >= 4 is 32.8 Å². The fourth-order valence-electron chi connectivity index (χ4n) is 1.61. The second-order valence-corrected chi connectivity index (χ2v) is 4.62. The highest BCUT2D eigenvalue weighted by Gasteiger charge is 2.14. The molecule has 0 unspecified atom stereocenters. The number of anilines is 1. The molecule has 0 bridgehead atoms. The third-order valence-corrected chi connectivity index (χ3v) is 3.17. The maximum absolute atomic E-state index is 9.00. The van der Waals surface area contributed by atoms with Crippen molar-refractivity contribution in [3.8, 4) is 0 Å². The molecule has 0 radical (unpaired) electrons. The van der Waals surface area contributed by atoms with Gasteiger partial charge in [0.05, 0.1) is 18.6 Å². The van der Waals surface area contributed by atoms with Crippen LogP contribution in [0.25, 0.3) is 11.0 Å². The van der Waals surface area contributed by atoms with Crippen molar-refractivity contribution in [2.45, 2.75) is 12.8 Å². The Balaban J connectivity index is 2.29. The first-order valence-corrected chi connectivity index (χ1v) is 6.23. The van der Waals surface area contributed by atoms with Gasteiger partial charge in [-0.1, -0.05) is 0 Å². The Morgan fingerprint density at radius 1 is 1.37 bits per heavy atom. The van der Waals surface area contributed by atoms with Gasteiger partial charge < -0.3 is 19.5 Å². The number of hydrogen-bond donors (Lipinski definition) is 4.